The number of carbonyl (C=O) groups is 2. The van der Waals surface area contributed by atoms with Crippen molar-refractivity contribution in [3.63, 3.8) is 0 Å². The third kappa shape index (κ3) is 5.74. The van der Waals surface area contributed by atoms with Gasteiger partial charge >= 0.3 is 6.09 Å². The predicted molar refractivity (Wildman–Crippen MR) is 144 cm³/mol. The highest BCUT2D eigenvalue weighted by Gasteiger charge is 2.20. The molecule has 2 aromatic carbocycles. The molecule has 3 aromatic heterocycles. The number of pyridine rings is 1. The van der Waals surface area contributed by atoms with Crippen LogP contribution in [0.15, 0.2) is 85.2 Å². The van der Waals surface area contributed by atoms with Crippen molar-refractivity contribution in [2.24, 2.45) is 0 Å². The molecule has 0 aliphatic rings. The zero-order valence-electron chi connectivity index (χ0n) is 21.3. The molecule has 196 valence electrons. The topological polar surface area (TPSA) is 111 Å². The van der Waals surface area contributed by atoms with Crippen molar-refractivity contribution in [1.29, 1.82) is 0 Å². The molecule has 0 saturated carbocycles. The number of nitrogens with one attached hydrogen (secondary N) is 2. The number of carbonyl (C=O) groups excluding carboxylic acids is 2. The molecular formula is C29H25FN6O3. The molecule has 0 saturated heterocycles. The highest BCUT2D eigenvalue weighted by Crippen LogP contribution is 2.33. The molecule has 0 spiro atoms. The van der Waals surface area contributed by atoms with E-state index < -0.39 is 18.0 Å². The average Bonchev–Trinajstić information content (AvgIpc) is 3.34. The first-order chi connectivity index (χ1) is 18.9. The summed E-state index contributed by atoms with van der Waals surface area (Å²) < 4.78 is 20.8. The molecule has 39 heavy (non-hydrogen) atoms. The van der Waals surface area contributed by atoms with Gasteiger partial charge in [0.15, 0.2) is 5.65 Å². The number of rotatable bonds is 7. The van der Waals surface area contributed by atoms with E-state index >= 15 is 0 Å². The van der Waals surface area contributed by atoms with Gasteiger partial charge < -0.3 is 15.4 Å². The third-order valence-corrected chi connectivity index (χ3v) is 6.05. The SMILES string of the molecule is Cc1cc(-c2nc3cccnn3c2-c2ccnc(NC(=O)[C@H](C)NC(=O)OCc3ccccc3)c2)ccc1F. The molecule has 3 heterocycles. The van der Waals surface area contributed by atoms with E-state index in [0.29, 0.717) is 28.2 Å². The largest absolute Gasteiger partial charge is 0.445 e. The Morgan fingerprint density at radius 3 is 2.62 bits per heavy atom. The molecule has 0 aliphatic carbocycles. The second-order valence-corrected chi connectivity index (χ2v) is 8.91. The Labute approximate surface area is 223 Å². The van der Waals surface area contributed by atoms with Gasteiger partial charge in [0.25, 0.3) is 0 Å². The first-order valence-corrected chi connectivity index (χ1v) is 12.2. The summed E-state index contributed by atoms with van der Waals surface area (Å²) in [5, 5.41) is 9.69. The van der Waals surface area contributed by atoms with Crippen molar-refractivity contribution in [1.82, 2.24) is 24.9 Å². The van der Waals surface area contributed by atoms with E-state index in [4.69, 9.17) is 9.72 Å². The van der Waals surface area contributed by atoms with E-state index in [0.717, 1.165) is 11.1 Å². The van der Waals surface area contributed by atoms with Crippen molar-refractivity contribution < 1.29 is 18.7 Å². The zero-order chi connectivity index (χ0) is 27.4. The number of imidazole rings is 1. The van der Waals surface area contributed by atoms with Crippen LogP contribution in [0.4, 0.5) is 15.0 Å². The summed E-state index contributed by atoms with van der Waals surface area (Å²) in [4.78, 5) is 34.0. The summed E-state index contributed by atoms with van der Waals surface area (Å²) in [6.07, 6.45) is 2.49. The van der Waals surface area contributed by atoms with Gasteiger partial charge in [-0.2, -0.15) is 5.10 Å². The van der Waals surface area contributed by atoms with E-state index in [1.165, 1.54) is 6.07 Å². The number of amides is 2. The third-order valence-electron chi connectivity index (χ3n) is 6.05. The fraction of sp³-hybridized carbons (Fsp3) is 0.138. The standard InChI is InChI=1S/C29H25FN6O3/c1-18-15-21(10-11-23(18)30)26-27(36-25(35-26)9-6-13-32-36)22-12-14-31-24(16-22)34-28(37)19(2)33-29(38)39-17-20-7-4-3-5-8-20/h3-16,19H,17H2,1-2H3,(H,33,38)(H,31,34,37)/t19-/m0/s1. The number of aryl methyl sites for hydroxylation is 1. The first-order valence-electron chi connectivity index (χ1n) is 12.2. The van der Waals surface area contributed by atoms with Crippen LogP contribution in [0.5, 0.6) is 0 Å². The Morgan fingerprint density at radius 2 is 1.82 bits per heavy atom. The molecule has 5 rings (SSSR count). The van der Waals surface area contributed by atoms with E-state index in [9.17, 15) is 14.0 Å². The number of hydrogen-bond acceptors (Lipinski definition) is 6. The fourth-order valence-electron chi connectivity index (χ4n) is 4.03. The molecule has 0 unspecified atom stereocenters. The lowest BCUT2D eigenvalue weighted by Gasteiger charge is -2.14. The van der Waals surface area contributed by atoms with Crippen LogP contribution in [0.25, 0.3) is 28.2 Å². The maximum absolute atomic E-state index is 14.0. The molecule has 0 radical (unpaired) electrons. The van der Waals surface area contributed by atoms with Crippen LogP contribution in [-0.2, 0) is 16.1 Å². The normalized spacial score (nSPS) is 11.7. The number of aromatic nitrogens is 4. The van der Waals surface area contributed by atoms with Crippen LogP contribution in [-0.4, -0.2) is 37.6 Å². The van der Waals surface area contributed by atoms with E-state index in [-0.39, 0.29) is 18.2 Å². The van der Waals surface area contributed by atoms with E-state index in [2.05, 4.69) is 20.7 Å². The Kier molecular flexibility index (Phi) is 7.26. The summed E-state index contributed by atoms with van der Waals surface area (Å²) in [5.41, 5.74) is 4.62. The van der Waals surface area contributed by atoms with Gasteiger partial charge in [0.1, 0.15) is 30.0 Å². The van der Waals surface area contributed by atoms with Crippen molar-refractivity contribution in [3.05, 3.63) is 102 Å². The van der Waals surface area contributed by atoms with Crippen LogP contribution in [0.2, 0.25) is 0 Å². The molecule has 2 N–H and O–H groups in total. The smallest absolute Gasteiger partial charge is 0.408 e. The van der Waals surface area contributed by atoms with Gasteiger partial charge in [-0.15, -0.1) is 0 Å². The molecule has 1 atom stereocenters. The first kappa shape index (κ1) is 25.5. The maximum atomic E-state index is 14.0. The molecule has 10 heteroatoms. The number of benzene rings is 2. The number of nitrogens with zero attached hydrogens (tertiary/aromatic N) is 4. The zero-order valence-corrected chi connectivity index (χ0v) is 21.3. The predicted octanol–water partition coefficient (Wildman–Crippen LogP) is 5.16. The van der Waals surface area contributed by atoms with Gasteiger partial charge in [-0.05, 0) is 67.4 Å². The molecule has 0 bridgehead atoms. The van der Waals surface area contributed by atoms with Crippen LogP contribution in [0.3, 0.4) is 0 Å². The van der Waals surface area contributed by atoms with Crippen molar-refractivity contribution in [2.45, 2.75) is 26.5 Å². The summed E-state index contributed by atoms with van der Waals surface area (Å²) in [6, 6.07) is 20.2. The molecule has 5 aromatic rings. The molecule has 0 fully saturated rings. The Hall–Kier alpha value is -5.12. The summed E-state index contributed by atoms with van der Waals surface area (Å²) in [6.45, 7) is 3.33. The minimum atomic E-state index is -0.881. The van der Waals surface area contributed by atoms with Crippen molar-refractivity contribution in [3.8, 4) is 22.5 Å². The number of ether oxygens (including phenoxy) is 1. The summed E-state index contributed by atoms with van der Waals surface area (Å²) >= 11 is 0. The van der Waals surface area contributed by atoms with Gasteiger partial charge in [-0.3, -0.25) is 4.79 Å². The summed E-state index contributed by atoms with van der Waals surface area (Å²) in [7, 11) is 0. The number of fused-ring (bicyclic) bond motifs is 1. The molecule has 2 amide bonds. The van der Waals surface area contributed by atoms with Gasteiger partial charge in [0.05, 0.1) is 5.69 Å². The van der Waals surface area contributed by atoms with Crippen LogP contribution in [0, 0.1) is 12.7 Å². The second-order valence-electron chi connectivity index (χ2n) is 8.91. The fourth-order valence-corrected chi connectivity index (χ4v) is 4.03. The van der Waals surface area contributed by atoms with E-state index in [1.807, 2.05) is 36.4 Å². The van der Waals surface area contributed by atoms with Crippen LogP contribution >= 0.6 is 0 Å². The van der Waals surface area contributed by atoms with Gasteiger partial charge in [-0.25, -0.2) is 23.7 Å². The number of anilines is 1. The Bertz CT molecular complexity index is 1650. The highest BCUT2D eigenvalue weighted by atomic mass is 19.1. The van der Waals surface area contributed by atoms with Crippen LogP contribution < -0.4 is 10.6 Å². The lowest BCUT2D eigenvalue weighted by Crippen LogP contribution is -2.41. The number of halogens is 1. The molecular weight excluding hydrogens is 499 g/mol. The van der Waals surface area contributed by atoms with Gasteiger partial charge in [0.2, 0.25) is 5.91 Å². The minimum absolute atomic E-state index is 0.0911. The van der Waals surface area contributed by atoms with Gasteiger partial charge in [-0.1, -0.05) is 30.3 Å². The minimum Gasteiger partial charge on any atom is -0.445 e. The quantitative estimate of drug-likeness (QED) is 0.304. The Balaban J connectivity index is 1.35. The number of alkyl carbamates (subject to hydrolysis) is 1. The average molecular weight is 525 g/mol. The summed E-state index contributed by atoms with van der Waals surface area (Å²) in [5.74, 6) is -0.499. The lowest BCUT2D eigenvalue weighted by molar-refractivity contribution is -0.117. The van der Waals surface area contributed by atoms with E-state index in [1.54, 1.807) is 61.1 Å². The molecule has 9 nitrogen and oxygen atoms in total. The highest BCUT2D eigenvalue weighted by molar-refractivity contribution is 5.96. The maximum Gasteiger partial charge on any atom is 0.408 e. The number of hydrogen-bond donors (Lipinski definition) is 2. The van der Waals surface area contributed by atoms with Crippen molar-refractivity contribution in [2.75, 3.05) is 5.32 Å². The van der Waals surface area contributed by atoms with Crippen molar-refractivity contribution >= 4 is 23.5 Å². The van der Waals surface area contributed by atoms with Gasteiger partial charge in [0, 0.05) is 23.5 Å². The molecule has 0 aliphatic heterocycles. The monoisotopic (exact) mass is 524 g/mol. The second kappa shape index (κ2) is 11.1. The Morgan fingerprint density at radius 1 is 1.00 bits per heavy atom. The van der Waals surface area contributed by atoms with Crippen LogP contribution in [0.1, 0.15) is 18.1 Å². The lowest BCUT2D eigenvalue weighted by atomic mass is 10.0.